The molecule has 11 heteroatoms. The molecule has 4 rings (SSSR count). The van der Waals surface area contributed by atoms with Crippen LogP contribution >= 0.6 is 11.3 Å². The maximum Gasteiger partial charge on any atom is 0.306 e. The number of nitrogens with one attached hydrogen (secondary N) is 1. The largest absolute Gasteiger partial charge is 0.494 e. The fourth-order valence-electron chi connectivity index (χ4n) is 3.44. The molecule has 0 saturated carbocycles. The quantitative estimate of drug-likeness (QED) is 0.364. The molecule has 0 bridgehead atoms. The number of nitrogens with zero attached hydrogens (tertiary/aromatic N) is 5. The molecule has 0 saturated heterocycles. The number of thiazole rings is 1. The highest BCUT2D eigenvalue weighted by atomic mass is 32.1. The molecule has 0 aliphatic carbocycles. The van der Waals surface area contributed by atoms with E-state index in [4.69, 9.17) is 9.47 Å². The number of hydrogen-bond donors (Lipinski definition) is 1. The highest BCUT2D eigenvalue weighted by molar-refractivity contribution is 7.21. The maximum absolute atomic E-state index is 13.3. The Hall–Kier alpha value is -3.99. The van der Waals surface area contributed by atoms with Gasteiger partial charge in [-0.2, -0.15) is 4.98 Å². The van der Waals surface area contributed by atoms with Crippen LogP contribution in [-0.4, -0.2) is 50.5 Å². The zero-order valence-corrected chi connectivity index (χ0v) is 20.6. The van der Waals surface area contributed by atoms with Crippen molar-refractivity contribution in [1.82, 2.24) is 24.9 Å². The molecule has 0 spiro atoms. The maximum atomic E-state index is 13.3. The Kier molecular flexibility index (Phi) is 7.25. The van der Waals surface area contributed by atoms with Crippen LogP contribution in [0.25, 0.3) is 21.6 Å². The van der Waals surface area contributed by atoms with Crippen LogP contribution in [0.4, 0.5) is 5.13 Å². The number of carbonyl (C=O) groups is 2. The number of hydrogen-bond acceptors (Lipinski definition) is 10. The van der Waals surface area contributed by atoms with E-state index in [9.17, 15) is 9.59 Å². The first-order valence-electron chi connectivity index (χ1n) is 10.9. The van der Waals surface area contributed by atoms with Gasteiger partial charge in [-0.3, -0.25) is 24.9 Å². The first-order valence-corrected chi connectivity index (χ1v) is 11.8. The van der Waals surface area contributed by atoms with Crippen LogP contribution in [0.1, 0.15) is 40.8 Å². The van der Waals surface area contributed by atoms with Crippen LogP contribution < -0.4 is 10.1 Å². The molecular formula is C24H24N6O4S. The first kappa shape index (κ1) is 24.1. The van der Waals surface area contributed by atoms with E-state index in [1.54, 1.807) is 26.4 Å². The highest BCUT2D eigenvalue weighted by Crippen LogP contribution is 2.33. The predicted octanol–water partition coefficient (Wildman–Crippen LogP) is 3.92. The molecule has 0 aliphatic rings. The minimum Gasteiger partial charge on any atom is -0.494 e. The third-order valence-corrected chi connectivity index (χ3v) is 5.94. The number of carbonyl (C=O) groups excluding carboxylic acids is 2. The number of amides is 1. The number of ether oxygens (including phenoxy) is 2. The summed E-state index contributed by atoms with van der Waals surface area (Å²) < 4.78 is 10.4. The van der Waals surface area contributed by atoms with Crippen molar-refractivity contribution in [2.45, 2.75) is 33.6 Å². The molecular weight excluding hydrogens is 468 g/mol. The lowest BCUT2D eigenvalue weighted by Gasteiger charge is -2.13. The third-order valence-electron chi connectivity index (χ3n) is 5.08. The third kappa shape index (κ3) is 5.57. The number of methoxy groups -OCH3 is 1. The van der Waals surface area contributed by atoms with Crippen molar-refractivity contribution in [1.29, 1.82) is 0 Å². The Morgan fingerprint density at radius 1 is 1.00 bits per heavy atom. The van der Waals surface area contributed by atoms with Crippen LogP contribution in [0.15, 0.2) is 30.7 Å². The molecule has 0 atom stereocenters. The lowest BCUT2D eigenvalue weighted by molar-refractivity contribution is -0.143. The van der Waals surface area contributed by atoms with Crippen molar-refractivity contribution in [3.05, 3.63) is 53.4 Å². The second-order valence-electron chi connectivity index (χ2n) is 7.67. The number of aryl methyl sites for hydroxylation is 3. The van der Waals surface area contributed by atoms with Gasteiger partial charge in [-0.05, 0) is 32.9 Å². The zero-order chi connectivity index (χ0) is 24.9. The number of anilines is 1. The normalized spacial score (nSPS) is 10.9. The van der Waals surface area contributed by atoms with E-state index in [2.05, 4.69) is 30.2 Å². The first-order chi connectivity index (χ1) is 16.9. The van der Waals surface area contributed by atoms with Gasteiger partial charge < -0.3 is 9.47 Å². The monoisotopic (exact) mass is 492 g/mol. The highest BCUT2D eigenvalue weighted by Gasteiger charge is 2.19. The summed E-state index contributed by atoms with van der Waals surface area (Å²) >= 11 is 1.21. The van der Waals surface area contributed by atoms with Gasteiger partial charge in [0.25, 0.3) is 5.91 Å². The van der Waals surface area contributed by atoms with Crippen LogP contribution in [-0.2, 0) is 16.0 Å². The molecule has 4 aromatic heterocycles. The van der Waals surface area contributed by atoms with Crippen LogP contribution in [0.3, 0.4) is 0 Å². The Morgan fingerprint density at radius 2 is 1.74 bits per heavy atom. The van der Waals surface area contributed by atoms with Crippen molar-refractivity contribution < 1.29 is 19.1 Å². The summed E-state index contributed by atoms with van der Waals surface area (Å²) in [5.74, 6) is -0.0974. The second-order valence-corrected chi connectivity index (χ2v) is 8.64. The molecule has 4 aromatic rings. The van der Waals surface area contributed by atoms with Gasteiger partial charge in [0.15, 0.2) is 15.6 Å². The second kappa shape index (κ2) is 10.5. The Morgan fingerprint density at radius 3 is 2.49 bits per heavy atom. The smallest absolute Gasteiger partial charge is 0.306 e. The Labute approximate surface area is 205 Å². The van der Waals surface area contributed by atoms with Gasteiger partial charge in [-0.15, -0.1) is 0 Å². The average Bonchev–Trinajstić information content (AvgIpc) is 3.24. The van der Waals surface area contributed by atoms with Crippen LogP contribution in [0, 0.1) is 13.8 Å². The zero-order valence-electron chi connectivity index (χ0n) is 19.8. The predicted molar refractivity (Wildman–Crippen MR) is 132 cm³/mol. The number of fused-ring (bicyclic) bond motifs is 1. The summed E-state index contributed by atoms with van der Waals surface area (Å²) in [4.78, 5) is 47.2. The van der Waals surface area contributed by atoms with Crippen molar-refractivity contribution >= 4 is 38.8 Å². The van der Waals surface area contributed by atoms with Gasteiger partial charge in [0.2, 0.25) is 0 Å². The van der Waals surface area contributed by atoms with Crippen molar-refractivity contribution in [3.8, 4) is 16.9 Å². The van der Waals surface area contributed by atoms with Gasteiger partial charge >= 0.3 is 5.97 Å². The number of aromatic nitrogens is 5. The minimum atomic E-state index is -0.370. The Bertz CT molecular complexity index is 1400. The number of esters is 1. The summed E-state index contributed by atoms with van der Waals surface area (Å²) in [6, 6.07) is 3.71. The summed E-state index contributed by atoms with van der Waals surface area (Å²) in [7, 11) is 1.56. The molecule has 4 heterocycles. The van der Waals surface area contributed by atoms with Gasteiger partial charge in [0, 0.05) is 35.1 Å². The van der Waals surface area contributed by atoms with Gasteiger partial charge in [0.1, 0.15) is 5.75 Å². The molecule has 0 unspecified atom stereocenters. The van der Waals surface area contributed by atoms with E-state index >= 15 is 0 Å². The molecule has 0 aliphatic heterocycles. The van der Waals surface area contributed by atoms with Gasteiger partial charge in [-0.1, -0.05) is 11.3 Å². The van der Waals surface area contributed by atoms with Crippen molar-refractivity contribution in [2.75, 3.05) is 19.0 Å². The van der Waals surface area contributed by atoms with Crippen molar-refractivity contribution in [3.63, 3.8) is 0 Å². The minimum absolute atomic E-state index is 0.220. The summed E-state index contributed by atoms with van der Waals surface area (Å²) in [6.45, 7) is 5.84. The number of pyridine rings is 2. The summed E-state index contributed by atoms with van der Waals surface area (Å²) in [6.07, 6.45) is 5.37. The average molecular weight is 493 g/mol. The van der Waals surface area contributed by atoms with Crippen LogP contribution in [0.5, 0.6) is 5.75 Å². The van der Waals surface area contributed by atoms with Crippen molar-refractivity contribution in [2.24, 2.45) is 0 Å². The summed E-state index contributed by atoms with van der Waals surface area (Å²) in [5.41, 5.74) is 4.41. The van der Waals surface area contributed by atoms with Gasteiger partial charge in [0.05, 0.1) is 43.8 Å². The molecule has 0 fully saturated rings. The SMILES string of the molecule is CCOC(=O)CCc1cnc2nc(NC(=O)c3cnc(C)cc3-c3cc(C)ncc3OC)sc2n1. The van der Waals surface area contributed by atoms with E-state index in [0.29, 0.717) is 51.2 Å². The van der Waals surface area contributed by atoms with E-state index < -0.39 is 0 Å². The van der Waals surface area contributed by atoms with E-state index in [0.717, 1.165) is 17.0 Å². The molecule has 180 valence electrons. The molecule has 0 radical (unpaired) electrons. The van der Waals surface area contributed by atoms with E-state index in [1.807, 2.05) is 26.0 Å². The van der Waals surface area contributed by atoms with E-state index in [-0.39, 0.29) is 18.3 Å². The lowest BCUT2D eigenvalue weighted by Crippen LogP contribution is -2.14. The van der Waals surface area contributed by atoms with E-state index in [1.165, 1.54) is 17.5 Å². The van der Waals surface area contributed by atoms with Crippen LogP contribution in [0.2, 0.25) is 0 Å². The molecule has 0 aromatic carbocycles. The van der Waals surface area contributed by atoms with Gasteiger partial charge in [-0.25, -0.2) is 9.97 Å². The fourth-order valence-corrected chi connectivity index (χ4v) is 4.25. The molecule has 35 heavy (non-hydrogen) atoms. The standard InChI is InChI=1S/C24H24N6O4S/c1-5-34-20(31)7-6-15-10-27-21-23(28-15)35-24(29-21)30-22(32)18-11-25-13(2)8-16(18)17-9-14(3)26-12-19(17)33-4/h8-12H,5-7H2,1-4H3,(H,27,29,30,32). The number of rotatable bonds is 8. The molecule has 1 N–H and O–H groups in total. The molecule has 10 nitrogen and oxygen atoms in total. The topological polar surface area (TPSA) is 129 Å². The lowest BCUT2D eigenvalue weighted by atomic mass is 9.99. The summed E-state index contributed by atoms with van der Waals surface area (Å²) in [5, 5.41) is 3.19. The Balaban J connectivity index is 1.59. The fraction of sp³-hybridized carbons (Fsp3) is 0.292. The molecule has 1 amide bonds.